The topological polar surface area (TPSA) is 369 Å². The van der Waals surface area contributed by atoms with Crippen molar-refractivity contribution in [2.45, 2.75) is 96.5 Å². The molecule has 4 N–H and O–H groups in total. The highest BCUT2D eigenvalue weighted by Gasteiger charge is 2.50. The first kappa shape index (κ1) is 85.8. The highest BCUT2D eigenvalue weighted by molar-refractivity contribution is 9.09. The summed E-state index contributed by atoms with van der Waals surface area (Å²) in [5.74, 6) is -9.56. The minimum atomic E-state index is -1.26. The van der Waals surface area contributed by atoms with Crippen LogP contribution in [-0.4, -0.2) is 333 Å². The SMILES string of the molecule is CC(C)C[C@H](NC(=O)[C@H](CCc1ccccc1)NC(=O)N(C)CC(=O)N(C)CC(=O)N(C)CC(=O)N(C)CC(=O)N(C)CC(=O)N(C)CC(=O)N(C)CC(=O)N(C)CC(=O)N(C)CC(=O)N(C)CC(=O)N(C)C(=O)CBr)C(=O)N[C@@H](Cc1ccccc1)C(=O)N[C@@H](CC(C)C)C(=O)[C@@]1(C)CO1. The Labute approximate surface area is 599 Å². The predicted molar refractivity (Wildman–Crippen MR) is 374 cm³/mol. The molecule has 2 aromatic carbocycles. The van der Waals surface area contributed by atoms with E-state index in [1.54, 1.807) is 31.2 Å². The summed E-state index contributed by atoms with van der Waals surface area (Å²) in [7, 11) is 14.3. The lowest BCUT2D eigenvalue weighted by Crippen LogP contribution is -2.59. The second-order valence-electron chi connectivity index (χ2n) is 26.6. The number of imide groups is 1. The van der Waals surface area contributed by atoms with Gasteiger partial charge in [-0.15, -0.1) is 0 Å². The Bertz CT molecular complexity index is 3290. The van der Waals surface area contributed by atoms with Crippen LogP contribution in [0, 0.1) is 11.8 Å². The van der Waals surface area contributed by atoms with E-state index >= 15 is 0 Å². The molecule has 558 valence electrons. The van der Waals surface area contributed by atoms with Crippen LogP contribution in [0.4, 0.5) is 4.79 Å². The lowest BCUT2D eigenvalue weighted by Gasteiger charge is -2.29. The Hall–Kier alpha value is -9.40. The Morgan fingerprint density at radius 2 is 0.673 bits per heavy atom. The fourth-order valence-corrected chi connectivity index (χ4v) is 10.1. The van der Waals surface area contributed by atoms with Crippen LogP contribution in [0.25, 0.3) is 0 Å². The minimum Gasteiger partial charge on any atom is -0.361 e. The van der Waals surface area contributed by atoms with Gasteiger partial charge in [-0.2, -0.15) is 0 Å². The van der Waals surface area contributed by atoms with Gasteiger partial charge in [0.25, 0.3) is 0 Å². The van der Waals surface area contributed by atoms with Crippen molar-refractivity contribution in [2.75, 3.05) is 155 Å². The zero-order valence-corrected chi connectivity index (χ0v) is 62.6. The predicted octanol–water partition coefficient (Wildman–Crippen LogP) is -1.72. The van der Waals surface area contributed by atoms with Crippen LogP contribution in [-0.2, 0) is 89.5 Å². The van der Waals surface area contributed by atoms with Crippen molar-refractivity contribution in [3.8, 4) is 0 Å². The van der Waals surface area contributed by atoms with Gasteiger partial charge in [-0.1, -0.05) is 104 Å². The highest BCUT2D eigenvalue weighted by atomic mass is 79.9. The molecule has 2 aromatic rings. The third-order valence-corrected chi connectivity index (χ3v) is 17.1. The van der Waals surface area contributed by atoms with E-state index in [9.17, 15) is 76.7 Å². The van der Waals surface area contributed by atoms with E-state index in [4.69, 9.17) is 4.74 Å². The Morgan fingerprint density at radius 1 is 0.386 bits per heavy atom. The van der Waals surface area contributed by atoms with Crippen LogP contribution in [0.5, 0.6) is 0 Å². The van der Waals surface area contributed by atoms with Crippen LogP contribution in [0.15, 0.2) is 60.7 Å². The lowest BCUT2D eigenvalue weighted by atomic mass is 9.93. The fraction of sp³-hybridized carbons (Fsp3) is 0.588. The van der Waals surface area contributed by atoms with Crippen molar-refractivity contribution in [1.82, 2.24) is 75.2 Å². The van der Waals surface area contributed by atoms with Gasteiger partial charge in [-0.3, -0.25) is 76.8 Å². The summed E-state index contributed by atoms with van der Waals surface area (Å²) in [6, 6.07) is 12.7. The molecular formula is C68H102BrN15O17. The molecule has 33 heteroatoms. The Kier molecular flexibility index (Phi) is 34.6. The summed E-state index contributed by atoms with van der Waals surface area (Å²) in [5.41, 5.74) is 0.535. The molecule has 1 saturated heterocycles. The number of epoxide rings is 1. The van der Waals surface area contributed by atoms with Crippen molar-refractivity contribution < 1.29 is 81.4 Å². The first-order valence-electron chi connectivity index (χ1n) is 32.9. The van der Waals surface area contributed by atoms with Gasteiger partial charge in [0, 0.05) is 83.9 Å². The summed E-state index contributed by atoms with van der Waals surface area (Å²) < 4.78 is 5.43. The molecule has 1 fully saturated rings. The molecule has 1 heterocycles. The molecule has 5 atom stereocenters. The Balaban J connectivity index is 1.55. The number of benzene rings is 2. The minimum absolute atomic E-state index is 0.0241. The number of likely N-dealkylation sites (N-methyl/N-ethyl adjacent to an activating group) is 11. The number of nitrogens with one attached hydrogen (secondary N) is 4. The average molecular weight is 1480 g/mol. The number of ketones is 1. The zero-order chi connectivity index (χ0) is 76.3. The average Bonchev–Trinajstić information content (AvgIpc) is 1.64. The van der Waals surface area contributed by atoms with Crippen LogP contribution in [0.2, 0.25) is 0 Å². The third-order valence-electron chi connectivity index (χ3n) is 16.6. The molecule has 0 bridgehead atoms. The quantitative estimate of drug-likeness (QED) is 0.0427. The number of halogens is 1. The normalized spacial score (nSPS) is 14.0. The smallest absolute Gasteiger partial charge is 0.318 e. The molecule has 0 aliphatic carbocycles. The first-order chi connectivity index (χ1) is 47.2. The molecule has 101 heavy (non-hydrogen) atoms. The molecular weight excluding hydrogens is 1380 g/mol. The number of rotatable bonds is 39. The van der Waals surface area contributed by atoms with E-state index in [1.807, 2.05) is 64.1 Å². The van der Waals surface area contributed by atoms with Gasteiger partial charge in [0.05, 0.1) is 76.9 Å². The molecule has 3 rings (SSSR count). The number of carbonyl (C=O) groups is 16. The largest absolute Gasteiger partial charge is 0.361 e. The molecule has 0 saturated carbocycles. The van der Waals surface area contributed by atoms with Gasteiger partial charge in [0.1, 0.15) is 30.3 Å². The van der Waals surface area contributed by atoms with Gasteiger partial charge in [-0.25, -0.2) is 4.79 Å². The summed E-state index contributed by atoms with van der Waals surface area (Å²) in [5, 5.41) is 11.1. The van der Waals surface area contributed by atoms with Crippen molar-refractivity contribution in [3.63, 3.8) is 0 Å². The van der Waals surface area contributed by atoms with Crippen molar-refractivity contribution in [1.29, 1.82) is 0 Å². The van der Waals surface area contributed by atoms with Crippen molar-refractivity contribution in [2.24, 2.45) is 11.8 Å². The van der Waals surface area contributed by atoms with Crippen molar-refractivity contribution >= 4 is 110 Å². The summed E-state index contributed by atoms with van der Waals surface area (Å²) in [6.45, 7) is 4.41. The molecule has 32 nitrogen and oxygen atoms in total. The second-order valence-corrected chi connectivity index (χ2v) is 27.2. The number of nitrogens with zero attached hydrogens (tertiary/aromatic N) is 11. The lowest BCUT2D eigenvalue weighted by molar-refractivity contribution is -0.147. The van der Waals surface area contributed by atoms with Crippen LogP contribution < -0.4 is 21.3 Å². The van der Waals surface area contributed by atoms with E-state index in [2.05, 4.69) is 37.2 Å². The number of hydrogen-bond acceptors (Lipinski definition) is 17. The first-order valence-corrected chi connectivity index (χ1v) is 34.0. The highest BCUT2D eigenvalue weighted by Crippen LogP contribution is 2.30. The van der Waals surface area contributed by atoms with Gasteiger partial charge >= 0.3 is 6.03 Å². The molecule has 1 aliphatic heterocycles. The number of ether oxygens (including phenoxy) is 1. The fourth-order valence-electron chi connectivity index (χ4n) is 9.70. The maximum atomic E-state index is 14.4. The molecule has 0 aromatic heterocycles. The molecule has 0 radical (unpaired) electrons. The summed E-state index contributed by atoms with van der Waals surface area (Å²) in [6.07, 6.45) is 0.867. The van der Waals surface area contributed by atoms with Gasteiger partial charge in [0.15, 0.2) is 5.78 Å². The monoisotopic (exact) mass is 1480 g/mol. The molecule has 0 unspecified atom stereocenters. The maximum Gasteiger partial charge on any atom is 0.318 e. The number of alkyl halides is 1. The van der Waals surface area contributed by atoms with E-state index in [0.717, 1.165) is 65.0 Å². The zero-order valence-electron chi connectivity index (χ0n) is 61.0. The summed E-state index contributed by atoms with van der Waals surface area (Å²) in [4.78, 5) is 224. The number of aryl methyl sites for hydroxylation is 1. The number of hydrogen-bond donors (Lipinski definition) is 4. The van der Waals surface area contributed by atoms with E-state index in [1.165, 1.54) is 77.5 Å². The van der Waals surface area contributed by atoms with E-state index < -0.39 is 184 Å². The summed E-state index contributed by atoms with van der Waals surface area (Å²) >= 11 is 2.97. The van der Waals surface area contributed by atoms with Crippen LogP contribution >= 0.6 is 15.9 Å². The van der Waals surface area contributed by atoms with Gasteiger partial charge in [0.2, 0.25) is 82.7 Å². The van der Waals surface area contributed by atoms with Crippen LogP contribution in [0.3, 0.4) is 0 Å². The number of Topliss-reactive ketones (excluding diaryl/α,β-unsaturated/α-hetero) is 1. The molecule has 1 aliphatic rings. The molecule has 16 amide bonds. The van der Waals surface area contributed by atoms with Crippen molar-refractivity contribution in [3.05, 3.63) is 71.8 Å². The van der Waals surface area contributed by atoms with Gasteiger partial charge < -0.3 is 75.0 Å². The van der Waals surface area contributed by atoms with E-state index in [0.29, 0.717) is 12.8 Å². The number of urea groups is 1. The maximum absolute atomic E-state index is 14.4. The van der Waals surface area contributed by atoms with Crippen LogP contribution in [0.1, 0.15) is 65.0 Å². The third kappa shape index (κ3) is 29.0. The standard InChI is InChI=1S/C68H102BrN15O17/c1-44(2)29-49(63(96)68(5)43-101-68)70-66(99)51(31-47-25-21-18-22-26-47)72-65(98)50(30-45(3)4)71-64(97)48(28-27-46-23-19-17-20-24-46)73-67(100)83(15)41-61(94)81(13)39-59(92)79(11)37-57(90)77(9)35-55(88)75(7)33-53(86)74(6)34-54(87)76(8)36-56(89)78(10)38-58(91)80(12)40-60(93)82(14)42-62(95)84(16)52(85)32-69/h17-26,44-45,48-51H,27-43H2,1-16H3,(H,70,99)(H,71,97)(H,72,98)(H,73,100)/t48-,49-,50-,51-,68+/m0/s1. The van der Waals surface area contributed by atoms with E-state index in [-0.39, 0.29) is 48.8 Å². The number of carbonyl (C=O) groups excluding carboxylic acids is 16. The Morgan fingerprint density at radius 3 is 1.01 bits per heavy atom. The number of amides is 16. The van der Waals surface area contributed by atoms with Gasteiger partial charge in [-0.05, 0) is 55.6 Å². The second kappa shape index (κ2) is 40.8. The molecule has 0 spiro atoms.